The van der Waals surface area contributed by atoms with Gasteiger partial charge in [-0.25, -0.2) is 0 Å². The zero-order chi connectivity index (χ0) is 16.9. The van der Waals surface area contributed by atoms with Gasteiger partial charge in [0.1, 0.15) is 6.04 Å². The number of hydrogen-bond donors (Lipinski definition) is 3. The largest absolute Gasteiger partial charge is 0.351 e. The number of carbonyl (C=O) groups excluding carboxylic acids is 3. The van der Waals surface area contributed by atoms with E-state index in [2.05, 4.69) is 16.0 Å². The molecule has 3 N–H and O–H groups in total. The first-order chi connectivity index (χ1) is 11.6. The molecular weight excluding hydrogens is 326 g/mol. The SMILES string of the molecule is O=C(CC[C@H]1NC(=O)c2ccccc2NC1=O)NCc1cccs1. The number of fused-ring (bicyclic) bond motifs is 1. The Labute approximate surface area is 143 Å². The first-order valence-electron chi connectivity index (χ1n) is 7.63. The molecule has 7 heteroatoms. The monoisotopic (exact) mass is 343 g/mol. The first-order valence-corrected chi connectivity index (χ1v) is 8.51. The van der Waals surface area contributed by atoms with Gasteiger partial charge in [0, 0.05) is 11.3 Å². The third kappa shape index (κ3) is 3.80. The maximum Gasteiger partial charge on any atom is 0.254 e. The average molecular weight is 343 g/mol. The molecule has 0 fully saturated rings. The molecule has 0 saturated carbocycles. The molecule has 2 heterocycles. The molecule has 0 spiro atoms. The van der Waals surface area contributed by atoms with E-state index in [0.717, 1.165) is 4.88 Å². The van der Waals surface area contributed by atoms with Gasteiger partial charge in [-0.05, 0) is 30.0 Å². The minimum absolute atomic E-state index is 0.146. The van der Waals surface area contributed by atoms with Crippen LogP contribution in [0.25, 0.3) is 0 Å². The van der Waals surface area contributed by atoms with Gasteiger partial charge in [-0.3, -0.25) is 14.4 Å². The molecule has 0 unspecified atom stereocenters. The van der Waals surface area contributed by atoms with Gasteiger partial charge >= 0.3 is 0 Å². The van der Waals surface area contributed by atoms with E-state index in [9.17, 15) is 14.4 Å². The van der Waals surface area contributed by atoms with Crippen LogP contribution in [0.3, 0.4) is 0 Å². The lowest BCUT2D eigenvalue weighted by Gasteiger charge is -2.14. The second-order valence-corrected chi connectivity index (χ2v) is 6.49. The molecule has 1 aliphatic heterocycles. The van der Waals surface area contributed by atoms with Crippen molar-refractivity contribution in [3.63, 3.8) is 0 Å². The summed E-state index contributed by atoms with van der Waals surface area (Å²) in [4.78, 5) is 37.4. The van der Waals surface area contributed by atoms with Crippen LogP contribution in [0.15, 0.2) is 41.8 Å². The lowest BCUT2D eigenvalue weighted by atomic mass is 10.1. The Morgan fingerprint density at radius 1 is 1.17 bits per heavy atom. The Kier molecular flexibility index (Phi) is 4.90. The predicted octanol–water partition coefficient (Wildman–Crippen LogP) is 1.90. The fraction of sp³-hybridized carbons (Fsp3) is 0.235. The van der Waals surface area contributed by atoms with Gasteiger partial charge in [0.15, 0.2) is 0 Å². The number of anilines is 1. The molecule has 6 nitrogen and oxygen atoms in total. The summed E-state index contributed by atoms with van der Waals surface area (Å²) in [6.45, 7) is 0.477. The highest BCUT2D eigenvalue weighted by Crippen LogP contribution is 2.19. The minimum atomic E-state index is -0.725. The summed E-state index contributed by atoms with van der Waals surface area (Å²) in [6.07, 6.45) is 0.419. The van der Waals surface area contributed by atoms with E-state index in [1.165, 1.54) is 0 Å². The summed E-state index contributed by atoms with van der Waals surface area (Å²) in [7, 11) is 0. The van der Waals surface area contributed by atoms with Gasteiger partial charge < -0.3 is 16.0 Å². The van der Waals surface area contributed by atoms with Gasteiger partial charge in [-0.15, -0.1) is 11.3 Å². The predicted molar refractivity (Wildman–Crippen MR) is 91.7 cm³/mol. The van der Waals surface area contributed by atoms with Crippen molar-refractivity contribution in [2.45, 2.75) is 25.4 Å². The van der Waals surface area contributed by atoms with Crippen LogP contribution in [0.5, 0.6) is 0 Å². The third-order valence-corrected chi connectivity index (χ3v) is 4.63. The molecular formula is C17H17N3O3S. The van der Waals surface area contributed by atoms with E-state index >= 15 is 0 Å². The highest BCUT2D eigenvalue weighted by molar-refractivity contribution is 7.09. The molecule has 124 valence electrons. The van der Waals surface area contributed by atoms with E-state index < -0.39 is 6.04 Å². The van der Waals surface area contributed by atoms with Gasteiger partial charge in [0.25, 0.3) is 5.91 Å². The number of rotatable bonds is 5. The number of carbonyl (C=O) groups is 3. The van der Waals surface area contributed by atoms with Crippen LogP contribution in [0.4, 0.5) is 5.69 Å². The van der Waals surface area contributed by atoms with Gasteiger partial charge in [0.2, 0.25) is 11.8 Å². The van der Waals surface area contributed by atoms with Crippen LogP contribution in [0, 0.1) is 0 Å². The van der Waals surface area contributed by atoms with E-state index in [1.807, 2.05) is 17.5 Å². The number of amides is 3. The summed E-state index contributed by atoms with van der Waals surface area (Å²) in [5, 5.41) is 10.2. The topological polar surface area (TPSA) is 87.3 Å². The lowest BCUT2D eigenvalue weighted by molar-refractivity contribution is -0.122. The van der Waals surface area contributed by atoms with Gasteiger partial charge in [0.05, 0.1) is 17.8 Å². The fourth-order valence-corrected chi connectivity index (χ4v) is 3.12. The Bertz CT molecular complexity index is 758. The molecule has 3 amide bonds. The van der Waals surface area contributed by atoms with E-state index in [0.29, 0.717) is 17.8 Å². The molecule has 0 radical (unpaired) electrons. The summed E-state index contributed by atoms with van der Waals surface area (Å²) in [6, 6.07) is 9.98. The number of hydrogen-bond acceptors (Lipinski definition) is 4. The number of benzene rings is 1. The Morgan fingerprint density at radius 3 is 2.79 bits per heavy atom. The fourth-order valence-electron chi connectivity index (χ4n) is 2.48. The molecule has 24 heavy (non-hydrogen) atoms. The first kappa shape index (κ1) is 16.2. The summed E-state index contributed by atoms with van der Waals surface area (Å²) in [5.74, 6) is -0.764. The lowest BCUT2D eigenvalue weighted by Crippen LogP contribution is -2.42. The smallest absolute Gasteiger partial charge is 0.254 e. The Balaban J connectivity index is 1.55. The molecule has 1 aromatic carbocycles. The van der Waals surface area contributed by atoms with Crippen molar-refractivity contribution in [2.24, 2.45) is 0 Å². The van der Waals surface area contributed by atoms with Crippen molar-refractivity contribution in [1.29, 1.82) is 0 Å². The molecule has 1 aromatic heterocycles. The van der Waals surface area contributed by atoms with Gasteiger partial charge in [-0.1, -0.05) is 18.2 Å². The van der Waals surface area contributed by atoms with Crippen molar-refractivity contribution >= 4 is 34.7 Å². The molecule has 2 aromatic rings. The number of para-hydroxylation sites is 1. The summed E-state index contributed by atoms with van der Waals surface area (Å²) in [5.41, 5.74) is 0.917. The van der Waals surface area contributed by atoms with Gasteiger partial charge in [-0.2, -0.15) is 0 Å². The molecule has 1 atom stereocenters. The van der Waals surface area contributed by atoms with Crippen molar-refractivity contribution in [2.75, 3.05) is 5.32 Å². The normalized spacial score (nSPS) is 16.6. The minimum Gasteiger partial charge on any atom is -0.351 e. The third-order valence-electron chi connectivity index (χ3n) is 3.75. The highest BCUT2D eigenvalue weighted by atomic mass is 32.1. The average Bonchev–Trinajstić information content (AvgIpc) is 3.06. The molecule has 3 rings (SSSR count). The summed E-state index contributed by atoms with van der Waals surface area (Å²) >= 11 is 1.57. The standard InChI is InChI=1S/C17H17N3O3S/c21-15(18-10-11-4-3-9-24-11)8-7-14-17(23)19-13-6-2-1-5-12(13)16(22)20-14/h1-6,9,14H,7-8,10H2,(H,18,21)(H,19,23)(H,20,22)/t14-/m1/s1. The zero-order valence-electron chi connectivity index (χ0n) is 12.9. The Morgan fingerprint density at radius 2 is 2.00 bits per heavy atom. The van der Waals surface area contributed by atoms with Crippen LogP contribution < -0.4 is 16.0 Å². The maximum absolute atomic E-state index is 12.2. The molecule has 0 bridgehead atoms. The second-order valence-electron chi connectivity index (χ2n) is 5.46. The van der Waals surface area contributed by atoms with Crippen molar-refractivity contribution in [3.05, 3.63) is 52.2 Å². The summed E-state index contributed by atoms with van der Waals surface area (Å²) < 4.78 is 0. The Hall–Kier alpha value is -2.67. The van der Waals surface area contributed by atoms with Crippen LogP contribution >= 0.6 is 11.3 Å². The molecule has 0 saturated heterocycles. The van der Waals surface area contributed by atoms with Crippen molar-refractivity contribution < 1.29 is 14.4 Å². The quantitative estimate of drug-likeness (QED) is 0.775. The van der Waals surface area contributed by atoms with Crippen LogP contribution in [0.2, 0.25) is 0 Å². The molecule has 0 aliphatic carbocycles. The van der Waals surface area contributed by atoms with Crippen molar-refractivity contribution in [1.82, 2.24) is 10.6 Å². The van der Waals surface area contributed by atoms with Crippen LogP contribution in [-0.4, -0.2) is 23.8 Å². The van der Waals surface area contributed by atoms with E-state index in [-0.39, 0.29) is 30.6 Å². The van der Waals surface area contributed by atoms with E-state index in [4.69, 9.17) is 0 Å². The number of nitrogens with one attached hydrogen (secondary N) is 3. The maximum atomic E-state index is 12.2. The van der Waals surface area contributed by atoms with Crippen molar-refractivity contribution in [3.8, 4) is 0 Å². The molecule has 1 aliphatic rings. The highest BCUT2D eigenvalue weighted by Gasteiger charge is 2.27. The second kappa shape index (κ2) is 7.27. The van der Waals surface area contributed by atoms with E-state index in [1.54, 1.807) is 35.6 Å². The zero-order valence-corrected chi connectivity index (χ0v) is 13.7. The number of thiophene rings is 1. The van der Waals surface area contributed by atoms with Crippen LogP contribution in [0.1, 0.15) is 28.1 Å². The van der Waals surface area contributed by atoms with Crippen LogP contribution in [-0.2, 0) is 16.1 Å².